The molecule has 19 heavy (non-hydrogen) atoms. The fraction of sp³-hybridized carbons (Fsp3) is 0.286. The van der Waals surface area contributed by atoms with E-state index in [9.17, 15) is 4.39 Å². The molecule has 0 aliphatic rings. The number of aromatic nitrogens is 2. The van der Waals surface area contributed by atoms with E-state index >= 15 is 0 Å². The standard InChI is InChI=1S/C14H15BrFN3/c1-3-6-17-14-12(15)8-18-13(19-14)11-7-10(16)5-4-9(11)2/h4-5,7-8H,3,6H2,1-2H3,(H,17,18,19). The van der Waals surface area contributed by atoms with Gasteiger partial charge in [-0.25, -0.2) is 14.4 Å². The van der Waals surface area contributed by atoms with Crippen LogP contribution in [0, 0.1) is 12.7 Å². The molecule has 2 aromatic rings. The number of anilines is 1. The highest BCUT2D eigenvalue weighted by Gasteiger charge is 2.09. The van der Waals surface area contributed by atoms with Gasteiger partial charge in [0.15, 0.2) is 5.82 Å². The largest absolute Gasteiger partial charge is 0.369 e. The minimum absolute atomic E-state index is 0.282. The van der Waals surface area contributed by atoms with Crippen molar-refractivity contribution in [3.63, 3.8) is 0 Å². The average Bonchev–Trinajstić information content (AvgIpc) is 2.41. The lowest BCUT2D eigenvalue weighted by Crippen LogP contribution is -2.04. The summed E-state index contributed by atoms with van der Waals surface area (Å²) in [5.74, 6) is 0.976. The van der Waals surface area contributed by atoms with Gasteiger partial charge < -0.3 is 5.32 Å². The van der Waals surface area contributed by atoms with Gasteiger partial charge in [-0.3, -0.25) is 0 Å². The fourth-order valence-electron chi connectivity index (χ4n) is 1.70. The van der Waals surface area contributed by atoms with Crippen LogP contribution in [-0.2, 0) is 0 Å². The minimum Gasteiger partial charge on any atom is -0.369 e. The zero-order chi connectivity index (χ0) is 13.8. The minimum atomic E-state index is -0.282. The van der Waals surface area contributed by atoms with Gasteiger partial charge >= 0.3 is 0 Å². The highest BCUT2D eigenvalue weighted by atomic mass is 79.9. The van der Waals surface area contributed by atoms with E-state index < -0.39 is 0 Å². The number of nitrogens with one attached hydrogen (secondary N) is 1. The van der Waals surface area contributed by atoms with Crippen molar-refractivity contribution in [1.29, 1.82) is 0 Å². The third-order valence-electron chi connectivity index (χ3n) is 2.73. The highest BCUT2D eigenvalue weighted by Crippen LogP contribution is 2.25. The predicted molar refractivity (Wildman–Crippen MR) is 78.6 cm³/mol. The molecular weight excluding hydrogens is 309 g/mol. The van der Waals surface area contributed by atoms with Gasteiger partial charge in [0.1, 0.15) is 11.6 Å². The van der Waals surface area contributed by atoms with Crippen LogP contribution < -0.4 is 5.32 Å². The average molecular weight is 324 g/mol. The number of rotatable bonds is 4. The van der Waals surface area contributed by atoms with Crippen molar-refractivity contribution in [2.45, 2.75) is 20.3 Å². The smallest absolute Gasteiger partial charge is 0.161 e. The second kappa shape index (κ2) is 6.10. The van der Waals surface area contributed by atoms with Crippen LogP contribution in [-0.4, -0.2) is 16.5 Å². The first-order chi connectivity index (χ1) is 9.11. The van der Waals surface area contributed by atoms with Crippen molar-refractivity contribution in [1.82, 2.24) is 9.97 Å². The van der Waals surface area contributed by atoms with Crippen molar-refractivity contribution in [2.24, 2.45) is 0 Å². The van der Waals surface area contributed by atoms with Crippen molar-refractivity contribution < 1.29 is 4.39 Å². The first-order valence-corrected chi connectivity index (χ1v) is 6.94. The Morgan fingerprint density at radius 3 is 2.89 bits per heavy atom. The van der Waals surface area contributed by atoms with Gasteiger partial charge in [-0.1, -0.05) is 13.0 Å². The van der Waals surface area contributed by atoms with E-state index in [1.165, 1.54) is 12.1 Å². The molecule has 2 rings (SSSR count). The Labute approximate surface area is 120 Å². The van der Waals surface area contributed by atoms with Gasteiger partial charge in [-0.05, 0) is 47.0 Å². The molecule has 0 spiro atoms. The van der Waals surface area contributed by atoms with Crippen LogP contribution in [0.15, 0.2) is 28.9 Å². The Morgan fingerprint density at radius 1 is 1.37 bits per heavy atom. The maximum Gasteiger partial charge on any atom is 0.161 e. The summed E-state index contributed by atoms with van der Waals surface area (Å²) in [6.07, 6.45) is 2.69. The van der Waals surface area contributed by atoms with E-state index in [-0.39, 0.29) is 5.82 Å². The van der Waals surface area contributed by atoms with Gasteiger partial charge in [0, 0.05) is 18.3 Å². The normalized spacial score (nSPS) is 10.5. The topological polar surface area (TPSA) is 37.8 Å². The Morgan fingerprint density at radius 2 is 2.16 bits per heavy atom. The molecule has 1 heterocycles. The van der Waals surface area contributed by atoms with E-state index in [2.05, 4.69) is 38.1 Å². The van der Waals surface area contributed by atoms with Crippen molar-refractivity contribution in [3.05, 3.63) is 40.2 Å². The maximum atomic E-state index is 13.3. The molecule has 5 heteroatoms. The van der Waals surface area contributed by atoms with Crippen LogP contribution in [0.5, 0.6) is 0 Å². The Bertz CT molecular complexity index is 587. The summed E-state index contributed by atoms with van der Waals surface area (Å²) < 4.78 is 14.1. The number of aryl methyl sites for hydroxylation is 1. The van der Waals surface area contributed by atoms with E-state index in [0.717, 1.165) is 28.8 Å². The molecule has 0 amide bonds. The third kappa shape index (κ3) is 3.29. The molecule has 100 valence electrons. The van der Waals surface area contributed by atoms with E-state index in [0.29, 0.717) is 11.4 Å². The summed E-state index contributed by atoms with van der Waals surface area (Å²) in [4.78, 5) is 8.70. The molecule has 0 radical (unpaired) electrons. The Balaban J connectivity index is 2.42. The fourth-order valence-corrected chi connectivity index (χ4v) is 2.03. The maximum absolute atomic E-state index is 13.3. The first kappa shape index (κ1) is 13.9. The third-order valence-corrected chi connectivity index (χ3v) is 3.31. The zero-order valence-electron chi connectivity index (χ0n) is 10.9. The number of benzene rings is 1. The van der Waals surface area contributed by atoms with Crippen LogP contribution >= 0.6 is 15.9 Å². The van der Waals surface area contributed by atoms with E-state index in [1.54, 1.807) is 12.3 Å². The number of halogens is 2. The van der Waals surface area contributed by atoms with Crippen molar-refractivity contribution in [3.8, 4) is 11.4 Å². The molecule has 1 aromatic carbocycles. The number of hydrogen-bond acceptors (Lipinski definition) is 3. The number of nitrogens with zero attached hydrogens (tertiary/aromatic N) is 2. The van der Waals surface area contributed by atoms with Gasteiger partial charge in [0.2, 0.25) is 0 Å². The summed E-state index contributed by atoms with van der Waals surface area (Å²) in [6.45, 7) is 4.83. The molecule has 1 aromatic heterocycles. The summed E-state index contributed by atoms with van der Waals surface area (Å²) >= 11 is 3.40. The van der Waals surface area contributed by atoms with Gasteiger partial charge in [-0.2, -0.15) is 0 Å². The summed E-state index contributed by atoms with van der Waals surface area (Å²) in [7, 11) is 0. The molecule has 1 N–H and O–H groups in total. The van der Waals surface area contributed by atoms with Crippen LogP contribution in [0.1, 0.15) is 18.9 Å². The second-order valence-electron chi connectivity index (χ2n) is 4.28. The van der Waals surface area contributed by atoms with E-state index in [1.807, 2.05) is 6.92 Å². The summed E-state index contributed by atoms with van der Waals surface area (Å²) in [5, 5.41) is 3.22. The Kier molecular flexibility index (Phi) is 4.47. The molecule has 0 fully saturated rings. The van der Waals surface area contributed by atoms with Gasteiger partial charge in [0.25, 0.3) is 0 Å². The Hall–Kier alpha value is -1.49. The summed E-state index contributed by atoms with van der Waals surface area (Å²) in [5.41, 5.74) is 1.66. The monoisotopic (exact) mass is 323 g/mol. The lowest BCUT2D eigenvalue weighted by atomic mass is 10.1. The van der Waals surface area contributed by atoms with Crippen LogP contribution in [0.3, 0.4) is 0 Å². The second-order valence-corrected chi connectivity index (χ2v) is 5.13. The SMILES string of the molecule is CCCNc1nc(-c2cc(F)ccc2C)ncc1Br. The molecule has 0 aliphatic carbocycles. The molecule has 0 atom stereocenters. The molecule has 0 saturated heterocycles. The predicted octanol–water partition coefficient (Wildman–Crippen LogP) is 4.18. The molecule has 0 saturated carbocycles. The molecule has 0 aliphatic heterocycles. The van der Waals surface area contributed by atoms with E-state index in [4.69, 9.17) is 0 Å². The van der Waals surface area contributed by atoms with Crippen molar-refractivity contribution in [2.75, 3.05) is 11.9 Å². The van der Waals surface area contributed by atoms with Crippen LogP contribution in [0.25, 0.3) is 11.4 Å². The first-order valence-electron chi connectivity index (χ1n) is 6.14. The quantitative estimate of drug-likeness (QED) is 0.917. The highest BCUT2D eigenvalue weighted by molar-refractivity contribution is 9.10. The number of hydrogen-bond donors (Lipinski definition) is 1. The van der Waals surface area contributed by atoms with Gasteiger partial charge in [0.05, 0.1) is 4.47 Å². The van der Waals surface area contributed by atoms with Gasteiger partial charge in [-0.15, -0.1) is 0 Å². The zero-order valence-corrected chi connectivity index (χ0v) is 12.5. The molecule has 0 bridgehead atoms. The molecular formula is C14H15BrFN3. The summed E-state index contributed by atoms with van der Waals surface area (Å²) in [6, 6.07) is 4.63. The van der Waals surface area contributed by atoms with Crippen LogP contribution in [0.2, 0.25) is 0 Å². The lowest BCUT2D eigenvalue weighted by Gasteiger charge is -2.09. The lowest BCUT2D eigenvalue weighted by molar-refractivity contribution is 0.627. The van der Waals surface area contributed by atoms with Crippen LogP contribution in [0.4, 0.5) is 10.2 Å². The molecule has 0 unspecified atom stereocenters. The molecule has 3 nitrogen and oxygen atoms in total. The van der Waals surface area contributed by atoms with Crippen molar-refractivity contribution >= 4 is 21.7 Å².